The Bertz CT molecular complexity index is 744. The second-order valence-electron chi connectivity index (χ2n) is 4.54. The smallest absolute Gasteiger partial charge is 0.254 e. The van der Waals surface area contributed by atoms with E-state index in [1.54, 1.807) is 6.92 Å². The molecule has 0 fully saturated rings. The lowest BCUT2D eigenvalue weighted by Crippen LogP contribution is -2.23. The van der Waals surface area contributed by atoms with Crippen LogP contribution in [0.2, 0.25) is 0 Å². The molecule has 0 aromatic heterocycles. The van der Waals surface area contributed by atoms with Crippen LogP contribution in [0, 0.1) is 11.6 Å². The summed E-state index contributed by atoms with van der Waals surface area (Å²) in [4.78, 5) is 22.4. The van der Waals surface area contributed by atoms with Crippen molar-refractivity contribution < 1.29 is 23.5 Å². The van der Waals surface area contributed by atoms with E-state index in [1.165, 1.54) is 12.1 Å². The van der Waals surface area contributed by atoms with E-state index in [0.717, 1.165) is 24.3 Å². The van der Waals surface area contributed by atoms with Crippen molar-refractivity contribution in [1.29, 1.82) is 0 Å². The van der Waals surface area contributed by atoms with Crippen LogP contribution in [0.15, 0.2) is 36.4 Å². The van der Waals surface area contributed by atoms with Crippen LogP contribution in [0.1, 0.15) is 27.6 Å². The third kappa shape index (κ3) is 3.11. The number of hydrogen-bond acceptors (Lipinski definition) is 3. The normalized spacial score (nSPS) is 10.3. The molecule has 2 aromatic rings. The van der Waals surface area contributed by atoms with E-state index >= 15 is 0 Å². The fourth-order valence-electron chi connectivity index (χ4n) is 2.00. The first-order valence-electron chi connectivity index (χ1n) is 6.53. The maximum atomic E-state index is 14.0. The molecule has 0 unspecified atom stereocenters. The number of aromatic carboxylic acids is 1. The molecule has 0 aliphatic rings. The predicted molar refractivity (Wildman–Crippen MR) is 74.1 cm³/mol. The zero-order valence-electron chi connectivity index (χ0n) is 11.7. The van der Waals surface area contributed by atoms with Gasteiger partial charge in [0.05, 0.1) is 11.5 Å². The molecule has 0 aliphatic carbocycles. The van der Waals surface area contributed by atoms with Gasteiger partial charge in [-0.15, -0.1) is 0 Å². The molecule has 0 saturated carbocycles. The Hall–Kier alpha value is -2.76. The fourth-order valence-corrected chi connectivity index (χ4v) is 2.00. The Labute approximate surface area is 125 Å². The highest BCUT2D eigenvalue weighted by Crippen LogP contribution is 2.26. The highest BCUT2D eigenvalue weighted by atomic mass is 19.1. The van der Waals surface area contributed by atoms with Crippen molar-refractivity contribution in [2.75, 3.05) is 6.54 Å². The fraction of sp³-hybridized carbons (Fsp3) is 0.125. The van der Waals surface area contributed by atoms with Gasteiger partial charge in [-0.1, -0.05) is 12.1 Å². The molecule has 114 valence electrons. The molecule has 0 saturated heterocycles. The minimum atomic E-state index is -1.46. The van der Waals surface area contributed by atoms with E-state index in [-0.39, 0.29) is 22.3 Å². The third-order valence-electron chi connectivity index (χ3n) is 3.06. The summed E-state index contributed by atoms with van der Waals surface area (Å²) in [5.74, 6) is -3.55. The van der Waals surface area contributed by atoms with Crippen molar-refractivity contribution >= 4 is 11.9 Å². The van der Waals surface area contributed by atoms with Crippen molar-refractivity contribution in [3.63, 3.8) is 0 Å². The maximum Gasteiger partial charge on any atom is 0.254 e. The number of hydrogen-bond donors (Lipinski definition) is 1. The molecule has 0 atom stereocenters. The monoisotopic (exact) mass is 304 g/mol. The standard InChI is InChI=1S/C16H13F2NO3/c1-2-19-15(20)11-5-3-9(8-14(11)18)12-7-10(16(21)22)4-6-13(12)17/h3-8H,2H2,1H3,(H,19,20)(H,21,22)/p-1. The van der Waals surface area contributed by atoms with Crippen LogP contribution >= 0.6 is 0 Å². The number of carbonyl (C=O) groups excluding carboxylic acids is 2. The van der Waals surface area contributed by atoms with E-state index < -0.39 is 23.5 Å². The minimum absolute atomic E-state index is 0.0805. The Balaban J connectivity index is 2.46. The van der Waals surface area contributed by atoms with E-state index in [1.807, 2.05) is 0 Å². The van der Waals surface area contributed by atoms with E-state index in [0.29, 0.717) is 6.54 Å². The maximum absolute atomic E-state index is 14.0. The molecule has 6 heteroatoms. The Morgan fingerprint density at radius 3 is 2.41 bits per heavy atom. The number of carboxylic acids is 1. The van der Waals surface area contributed by atoms with E-state index in [2.05, 4.69) is 5.32 Å². The Morgan fingerprint density at radius 2 is 1.82 bits per heavy atom. The number of rotatable bonds is 4. The van der Waals surface area contributed by atoms with Crippen molar-refractivity contribution in [3.05, 3.63) is 59.2 Å². The average molecular weight is 304 g/mol. The molecular formula is C16H12F2NO3-. The molecule has 0 spiro atoms. The van der Waals surface area contributed by atoms with Crippen LogP contribution in [-0.2, 0) is 0 Å². The largest absolute Gasteiger partial charge is 0.545 e. The van der Waals surface area contributed by atoms with Gasteiger partial charge in [0.25, 0.3) is 5.91 Å². The molecule has 22 heavy (non-hydrogen) atoms. The summed E-state index contributed by atoms with van der Waals surface area (Å²) >= 11 is 0. The SMILES string of the molecule is CCNC(=O)c1ccc(-c2cc(C(=O)[O-])ccc2F)cc1F. The number of carbonyl (C=O) groups is 2. The van der Waals surface area contributed by atoms with Crippen molar-refractivity contribution in [1.82, 2.24) is 5.32 Å². The van der Waals surface area contributed by atoms with Gasteiger partial charge in [0.15, 0.2) is 0 Å². The van der Waals surface area contributed by atoms with Crippen LogP contribution < -0.4 is 10.4 Å². The summed E-state index contributed by atoms with van der Waals surface area (Å²) in [5, 5.41) is 13.3. The number of benzene rings is 2. The first kappa shape index (κ1) is 15.6. The van der Waals surface area contributed by atoms with Crippen molar-refractivity contribution in [2.45, 2.75) is 6.92 Å². The summed E-state index contributed by atoms with van der Waals surface area (Å²) < 4.78 is 27.8. The summed E-state index contributed by atoms with van der Waals surface area (Å²) in [6.07, 6.45) is 0. The molecule has 2 rings (SSSR count). The molecular weight excluding hydrogens is 292 g/mol. The van der Waals surface area contributed by atoms with Crippen LogP contribution in [-0.4, -0.2) is 18.4 Å². The highest BCUT2D eigenvalue weighted by Gasteiger charge is 2.14. The lowest BCUT2D eigenvalue weighted by atomic mass is 10.0. The summed E-state index contributed by atoms with van der Waals surface area (Å²) in [7, 11) is 0. The quantitative estimate of drug-likeness (QED) is 0.935. The third-order valence-corrected chi connectivity index (χ3v) is 3.06. The molecule has 1 N–H and O–H groups in total. The Kier molecular flexibility index (Phi) is 4.50. The van der Waals surface area contributed by atoms with Gasteiger partial charge in [0.1, 0.15) is 11.6 Å². The molecule has 0 radical (unpaired) electrons. The minimum Gasteiger partial charge on any atom is -0.545 e. The number of amides is 1. The van der Waals surface area contributed by atoms with Crippen LogP contribution in [0.5, 0.6) is 0 Å². The van der Waals surface area contributed by atoms with Crippen LogP contribution in [0.25, 0.3) is 11.1 Å². The van der Waals surface area contributed by atoms with Crippen LogP contribution in [0.4, 0.5) is 8.78 Å². The zero-order chi connectivity index (χ0) is 16.3. The molecule has 4 nitrogen and oxygen atoms in total. The Morgan fingerprint density at radius 1 is 1.09 bits per heavy atom. The van der Waals surface area contributed by atoms with Gasteiger partial charge in [0, 0.05) is 12.1 Å². The van der Waals surface area contributed by atoms with Gasteiger partial charge in [-0.2, -0.15) is 0 Å². The molecule has 0 aliphatic heterocycles. The van der Waals surface area contributed by atoms with Gasteiger partial charge in [0.2, 0.25) is 0 Å². The lowest BCUT2D eigenvalue weighted by molar-refractivity contribution is -0.255. The summed E-state index contributed by atoms with van der Waals surface area (Å²) in [5.41, 5.74) is -0.333. The average Bonchev–Trinajstić information content (AvgIpc) is 2.47. The topological polar surface area (TPSA) is 69.2 Å². The van der Waals surface area contributed by atoms with Gasteiger partial charge >= 0.3 is 0 Å². The van der Waals surface area contributed by atoms with E-state index in [9.17, 15) is 23.5 Å². The second kappa shape index (κ2) is 6.34. The van der Waals surface area contributed by atoms with Gasteiger partial charge in [-0.3, -0.25) is 4.79 Å². The van der Waals surface area contributed by atoms with E-state index in [4.69, 9.17) is 0 Å². The van der Waals surface area contributed by atoms with Crippen molar-refractivity contribution in [3.8, 4) is 11.1 Å². The predicted octanol–water partition coefficient (Wildman–Crippen LogP) is 1.75. The summed E-state index contributed by atoms with van der Waals surface area (Å²) in [6.45, 7) is 2.05. The number of halogens is 2. The molecule has 1 amide bonds. The highest BCUT2D eigenvalue weighted by molar-refractivity contribution is 5.95. The second-order valence-corrected chi connectivity index (χ2v) is 4.54. The first-order valence-corrected chi connectivity index (χ1v) is 6.53. The molecule has 2 aromatic carbocycles. The van der Waals surface area contributed by atoms with Crippen LogP contribution in [0.3, 0.4) is 0 Å². The lowest BCUT2D eigenvalue weighted by Gasteiger charge is -2.10. The van der Waals surface area contributed by atoms with Gasteiger partial charge in [-0.25, -0.2) is 8.78 Å². The zero-order valence-corrected chi connectivity index (χ0v) is 11.7. The summed E-state index contributed by atoms with van der Waals surface area (Å²) in [6, 6.07) is 6.66. The molecule has 0 heterocycles. The molecule has 0 bridgehead atoms. The van der Waals surface area contributed by atoms with Gasteiger partial charge in [-0.05, 0) is 42.3 Å². The van der Waals surface area contributed by atoms with Gasteiger partial charge < -0.3 is 15.2 Å². The number of nitrogens with one attached hydrogen (secondary N) is 1. The number of carboxylic acid groups (broad SMARTS) is 1. The first-order chi connectivity index (χ1) is 10.4. The van der Waals surface area contributed by atoms with Crippen molar-refractivity contribution in [2.24, 2.45) is 0 Å².